The Balaban J connectivity index is 1.70. The van der Waals surface area contributed by atoms with Crippen molar-refractivity contribution >= 4 is 52.5 Å². The Morgan fingerprint density at radius 1 is 0.933 bits per heavy atom. The first-order valence-electron chi connectivity index (χ1n) is 8.95. The van der Waals surface area contributed by atoms with Crippen LogP contribution in [0.25, 0.3) is 17.2 Å². The number of nitrogens with zero attached hydrogens (tertiary/aromatic N) is 1. The topological polar surface area (TPSA) is 49.4 Å². The van der Waals surface area contributed by atoms with Crippen LogP contribution in [0.5, 0.6) is 0 Å². The van der Waals surface area contributed by atoms with E-state index >= 15 is 0 Å². The molecule has 1 N–H and O–H groups in total. The summed E-state index contributed by atoms with van der Waals surface area (Å²) in [5.41, 5.74) is 2.76. The Labute approximate surface area is 182 Å². The lowest BCUT2D eigenvalue weighted by Crippen LogP contribution is -2.54. The van der Waals surface area contributed by atoms with Crippen LogP contribution in [0.4, 0.5) is 10.1 Å². The third kappa shape index (κ3) is 4.01. The fourth-order valence-corrected chi connectivity index (χ4v) is 3.51. The third-order valence-electron chi connectivity index (χ3n) is 4.56. The van der Waals surface area contributed by atoms with Crippen LogP contribution in [0.2, 0.25) is 5.02 Å². The Bertz CT molecular complexity index is 1190. The minimum absolute atomic E-state index is 0.00420. The highest BCUT2D eigenvalue weighted by atomic mass is 35.5. The number of nitrogens with one attached hydrogen (secondary N) is 1. The fourth-order valence-electron chi connectivity index (χ4n) is 3.10. The summed E-state index contributed by atoms with van der Waals surface area (Å²) in [7, 11) is 0. The van der Waals surface area contributed by atoms with Gasteiger partial charge in [-0.2, -0.15) is 0 Å². The molecule has 1 saturated heterocycles. The monoisotopic (exact) mass is 436 g/mol. The third-order valence-corrected chi connectivity index (χ3v) is 5.10. The van der Waals surface area contributed by atoms with Gasteiger partial charge in [-0.1, -0.05) is 41.9 Å². The van der Waals surface area contributed by atoms with Crippen molar-refractivity contribution in [2.75, 3.05) is 4.90 Å². The number of benzene rings is 3. The molecule has 1 fully saturated rings. The highest BCUT2D eigenvalue weighted by molar-refractivity contribution is 7.80. The normalized spacial score (nSPS) is 15.5. The van der Waals surface area contributed by atoms with E-state index in [1.807, 2.05) is 12.1 Å². The Hall–Kier alpha value is -3.35. The van der Waals surface area contributed by atoms with E-state index in [0.717, 1.165) is 11.1 Å². The van der Waals surface area contributed by atoms with Crippen molar-refractivity contribution in [1.29, 1.82) is 0 Å². The lowest BCUT2D eigenvalue weighted by atomic mass is 10.0. The maximum Gasteiger partial charge on any atom is 0.270 e. The molecule has 148 valence electrons. The molecule has 3 aromatic carbocycles. The summed E-state index contributed by atoms with van der Waals surface area (Å²) < 4.78 is 13.2. The summed E-state index contributed by atoms with van der Waals surface area (Å²) in [6.07, 6.45) is 1.51. The van der Waals surface area contributed by atoms with Crippen LogP contribution >= 0.6 is 23.8 Å². The van der Waals surface area contributed by atoms with E-state index in [4.69, 9.17) is 23.8 Å². The van der Waals surface area contributed by atoms with E-state index < -0.39 is 11.8 Å². The second-order valence-electron chi connectivity index (χ2n) is 6.57. The molecule has 30 heavy (non-hydrogen) atoms. The van der Waals surface area contributed by atoms with Gasteiger partial charge in [0, 0.05) is 5.02 Å². The van der Waals surface area contributed by atoms with Crippen molar-refractivity contribution in [3.8, 4) is 11.1 Å². The predicted molar refractivity (Wildman–Crippen MR) is 119 cm³/mol. The van der Waals surface area contributed by atoms with Crippen LogP contribution in [-0.2, 0) is 9.59 Å². The predicted octanol–water partition coefficient (Wildman–Crippen LogP) is 4.98. The first-order valence-corrected chi connectivity index (χ1v) is 9.74. The zero-order valence-corrected chi connectivity index (χ0v) is 17.0. The molecule has 1 aliphatic heterocycles. The van der Waals surface area contributed by atoms with Crippen LogP contribution < -0.4 is 10.2 Å². The number of hydrogen-bond donors (Lipinski definition) is 1. The van der Waals surface area contributed by atoms with E-state index in [1.54, 1.807) is 48.5 Å². The standard InChI is InChI=1S/C23H14ClFN2O2S/c24-17-6-10-19(11-7-17)27-22(29)20(21(28)26-23(27)30)13-14-2-1-3-16(12-14)15-4-8-18(25)9-5-15/h1-13H,(H,26,28,30)/b20-13+. The summed E-state index contributed by atoms with van der Waals surface area (Å²) in [6, 6.07) is 19.9. The van der Waals surface area contributed by atoms with Gasteiger partial charge in [0.25, 0.3) is 11.8 Å². The van der Waals surface area contributed by atoms with Crippen molar-refractivity contribution < 1.29 is 14.0 Å². The number of carbonyl (C=O) groups excluding carboxylic acids is 2. The number of amides is 2. The molecule has 7 heteroatoms. The van der Waals surface area contributed by atoms with Crippen LogP contribution in [0, 0.1) is 5.82 Å². The highest BCUT2D eigenvalue weighted by Gasteiger charge is 2.34. The molecule has 0 aliphatic carbocycles. The summed E-state index contributed by atoms with van der Waals surface area (Å²) in [5.74, 6) is -1.42. The minimum atomic E-state index is -0.567. The van der Waals surface area contributed by atoms with Gasteiger partial charge < -0.3 is 0 Å². The van der Waals surface area contributed by atoms with Crippen LogP contribution in [0.3, 0.4) is 0 Å². The first-order chi connectivity index (χ1) is 14.4. The maximum atomic E-state index is 13.2. The largest absolute Gasteiger partial charge is 0.298 e. The van der Waals surface area contributed by atoms with Gasteiger partial charge in [0.05, 0.1) is 5.69 Å². The van der Waals surface area contributed by atoms with Gasteiger partial charge >= 0.3 is 0 Å². The van der Waals surface area contributed by atoms with E-state index in [1.165, 1.54) is 23.1 Å². The molecule has 4 rings (SSSR count). The molecule has 0 spiro atoms. The van der Waals surface area contributed by atoms with E-state index in [0.29, 0.717) is 16.3 Å². The first kappa shape index (κ1) is 19.9. The average molecular weight is 437 g/mol. The second-order valence-corrected chi connectivity index (χ2v) is 7.39. The van der Waals surface area contributed by atoms with Crippen LogP contribution in [-0.4, -0.2) is 16.9 Å². The number of thiocarbonyl (C=S) groups is 1. The van der Waals surface area contributed by atoms with Crippen molar-refractivity contribution in [1.82, 2.24) is 5.32 Å². The van der Waals surface area contributed by atoms with Crippen molar-refractivity contribution in [3.05, 3.63) is 94.8 Å². The van der Waals surface area contributed by atoms with Crippen LogP contribution in [0.1, 0.15) is 5.56 Å². The number of rotatable bonds is 3. The molecule has 0 radical (unpaired) electrons. The van der Waals surface area contributed by atoms with Gasteiger partial charge in [-0.05, 0) is 77.4 Å². The molecule has 4 nitrogen and oxygen atoms in total. The van der Waals surface area contributed by atoms with Crippen molar-refractivity contribution in [2.45, 2.75) is 0 Å². The molecule has 1 heterocycles. The molecular formula is C23H14ClFN2O2S. The lowest BCUT2D eigenvalue weighted by molar-refractivity contribution is -0.122. The maximum absolute atomic E-state index is 13.2. The van der Waals surface area contributed by atoms with Crippen molar-refractivity contribution in [3.63, 3.8) is 0 Å². The molecule has 3 aromatic rings. The second kappa shape index (κ2) is 8.18. The summed E-state index contributed by atoms with van der Waals surface area (Å²) in [5, 5.41) is 3.07. The molecule has 0 atom stereocenters. The van der Waals surface area contributed by atoms with E-state index in [9.17, 15) is 14.0 Å². The molecule has 2 amide bonds. The number of hydrogen-bond acceptors (Lipinski definition) is 3. The van der Waals surface area contributed by atoms with Gasteiger partial charge in [0.1, 0.15) is 11.4 Å². The average Bonchev–Trinajstić information content (AvgIpc) is 2.73. The van der Waals surface area contributed by atoms with Gasteiger partial charge in [0.2, 0.25) is 0 Å². The molecule has 0 unspecified atom stereocenters. The van der Waals surface area contributed by atoms with Gasteiger partial charge in [0.15, 0.2) is 5.11 Å². The Morgan fingerprint density at radius 2 is 1.63 bits per heavy atom. The quantitative estimate of drug-likeness (QED) is 0.358. The zero-order chi connectivity index (χ0) is 21.3. The van der Waals surface area contributed by atoms with Crippen molar-refractivity contribution in [2.24, 2.45) is 0 Å². The van der Waals surface area contributed by atoms with Gasteiger partial charge in [-0.3, -0.25) is 19.8 Å². The molecule has 1 aliphatic rings. The lowest BCUT2D eigenvalue weighted by Gasteiger charge is -2.29. The number of carbonyl (C=O) groups is 2. The zero-order valence-electron chi connectivity index (χ0n) is 15.4. The summed E-state index contributed by atoms with van der Waals surface area (Å²) in [4.78, 5) is 26.8. The number of halogens is 2. The van der Waals surface area contributed by atoms with E-state index in [2.05, 4.69) is 5.32 Å². The number of anilines is 1. The molecule has 0 aromatic heterocycles. The summed E-state index contributed by atoms with van der Waals surface area (Å²) in [6.45, 7) is 0. The fraction of sp³-hybridized carbons (Fsp3) is 0. The molecular weight excluding hydrogens is 423 g/mol. The minimum Gasteiger partial charge on any atom is -0.298 e. The van der Waals surface area contributed by atoms with Crippen LogP contribution in [0.15, 0.2) is 78.4 Å². The van der Waals surface area contributed by atoms with Gasteiger partial charge in [-0.15, -0.1) is 0 Å². The highest BCUT2D eigenvalue weighted by Crippen LogP contribution is 2.25. The smallest absolute Gasteiger partial charge is 0.270 e. The SMILES string of the molecule is O=C1NC(=S)N(c2ccc(Cl)cc2)C(=O)/C1=C/c1cccc(-c2ccc(F)cc2)c1. The summed E-state index contributed by atoms with van der Waals surface area (Å²) >= 11 is 11.1. The van der Waals surface area contributed by atoms with E-state index in [-0.39, 0.29) is 16.5 Å². The van der Waals surface area contributed by atoms with Gasteiger partial charge in [-0.25, -0.2) is 4.39 Å². The molecule has 0 bridgehead atoms. The Morgan fingerprint density at radius 3 is 2.33 bits per heavy atom. The Kier molecular flexibility index (Phi) is 5.44. The molecule has 0 saturated carbocycles.